The standard InChI is InChI=1S/C19H13FN2O2S/c20-13-7-4-8-14(11-13)21-17-18(23)22(19(24)25-17)16-10-3-6-12-5-1-2-9-15(12)16/h1-11,17,21H. The van der Waals surface area contributed by atoms with Gasteiger partial charge < -0.3 is 5.32 Å². The molecule has 0 aliphatic carbocycles. The third-order valence-electron chi connectivity index (χ3n) is 3.98. The molecule has 1 unspecified atom stereocenters. The van der Waals surface area contributed by atoms with E-state index in [-0.39, 0.29) is 11.1 Å². The molecule has 1 saturated heterocycles. The third-order valence-corrected chi connectivity index (χ3v) is 4.92. The number of carbonyl (C=O) groups is 2. The van der Waals surface area contributed by atoms with Crippen LogP contribution in [0.2, 0.25) is 0 Å². The van der Waals surface area contributed by atoms with Crippen molar-refractivity contribution in [3.63, 3.8) is 0 Å². The van der Waals surface area contributed by atoms with Crippen LogP contribution in [0.3, 0.4) is 0 Å². The predicted molar refractivity (Wildman–Crippen MR) is 98.2 cm³/mol. The molecule has 25 heavy (non-hydrogen) atoms. The Kier molecular flexibility index (Phi) is 3.89. The zero-order valence-corrected chi connectivity index (χ0v) is 13.8. The minimum atomic E-state index is -0.784. The second kappa shape index (κ2) is 6.22. The fraction of sp³-hybridized carbons (Fsp3) is 0.0526. The number of hydrogen-bond donors (Lipinski definition) is 1. The summed E-state index contributed by atoms with van der Waals surface area (Å²) in [7, 11) is 0. The average molecular weight is 352 g/mol. The van der Waals surface area contributed by atoms with Gasteiger partial charge in [-0.3, -0.25) is 9.59 Å². The van der Waals surface area contributed by atoms with Crippen molar-refractivity contribution in [1.29, 1.82) is 0 Å². The minimum Gasteiger partial charge on any atom is -0.365 e. The Bertz CT molecular complexity index is 987. The van der Waals surface area contributed by atoms with E-state index in [1.165, 1.54) is 17.0 Å². The highest BCUT2D eigenvalue weighted by Crippen LogP contribution is 2.36. The number of anilines is 2. The van der Waals surface area contributed by atoms with E-state index in [0.29, 0.717) is 11.4 Å². The van der Waals surface area contributed by atoms with Crippen molar-refractivity contribution in [2.24, 2.45) is 0 Å². The maximum absolute atomic E-state index is 13.3. The molecule has 1 heterocycles. The Hall–Kier alpha value is -2.86. The van der Waals surface area contributed by atoms with E-state index in [1.54, 1.807) is 18.2 Å². The normalized spacial score (nSPS) is 17.3. The van der Waals surface area contributed by atoms with Gasteiger partial charge >= 0.3 is 0 Å². The van der Waals surface area contributed by atoms with E-state index in [1.807, 2.05) is 36.4 Å². The minimum absolute atomic E-state index is 0.352. The van der Waals surface area contributed by atoms with Crippen molar-refractivity contribution < 1.29 is 14.0 Å². The van der Waals surface area contributed by atoms with Gasteiger partial charge in [0, 0.05) is 11.1 Å². The summed E-state index contributed by atoms with van der Waals surface area (Å²) in [6.07, 6.45) is 0. The smallest absolute Gasteiger partial charge is 0.295 e. The third kappa shape index (κ3) is 2.85. The zero-order chi connectivity index (χ0) is 17.4. The molecule has 1 aliphatic rings. The molecule has 1 atom stereocenters. The van der Waals surface area contributed by atoms with Gasteiger partial charge in [-0.25, -0.2) is 9.29 Å². The van der Waals surface area contributed by atoms with Crippen molar-refractivity contribution in [2.75, 3.05) is 10.2 Å². The summed E-state index contributed by atoms with van der Waals surface area (Å²) in [5.74, 6) is -0.770. The number of hydrogen-bond acceptors (Lipinski definition) is 4. The molecule has 0 saturated carbocycles. The Morgan fingerprint density at radius 3 is 2.56 bits per heavy atom. The van der Waals surface area contributed by atoms with E-state index < -0.39 is 11.2 Å². The van der Waals surface area contributed by atoms with Gasteiger partial charge in [-0.1, -0.05) is 42.5 Å². The Balaban J connectivity index is 1.67. The monoisotopic (exact) mass is 352 g/mol. The van der Waals surface area contributed by atoms with Crippen molar-refractivity contribution in [3.05, 3.63) is 72.5 Å². The van der Waals surface area contributed by atoms with Crippen LogP contribution in [0.15, 0.2) is 66.7 Å². The second-order valence-corrected chi connectivity index (χ2v) is 6.65. The van der Waals surface area contributed by atoms with Crippen LogP contribution in [0.25, 0.3) is 10.8 Å². The van der Waals surface area contributed by atoms with Crippen LogP contribution in [0.5, 0.6) is 0 Å². The molecular formula is C19H13FN2O2S. The van der Waals surface area contributed by atoms with Crippen LogP contribution in [0.4, 0.5) is 20.6 Å². The Morgan fingerprint density at radius 1 is 0.960 bits per heavy atom. The lowest BCUT2D eigenvalue weighted by Crippen LogP contribution is -2.34. The lowest BCUT2D eigenvalue weighted by Gasteiger charge is -2.17. The van der Waals surface area contributed by atoms with Crippen molar-refractivity contribution in [1.82, 2.24) is 0 Å². The molecule has 4 nitrogen and oxygen atoms in total. The molecule has 2 amide bonds. The number of amides is 2. The average Bonchev–Trinajstić information content (AvgIpc) is 2.88. The number of imide groups is 1. The number of nitrogens with one attached hydrogen (secondary N) is 1. The fourth-order valence-electron chi connectivity index (χ4n) is 2.85. The van der Waals surface area contributed by atoms with Gasteiger partial charge in [-0.2, -0.15) is 0 Å². The van der Waals surface area contributed by atoms with Crippen LogP contribution >= 0.6 is 11.8 Å². The number of carbonyl (C=O) groups excluding carboxylic acids is 2. The summed E-state index contributed by atoms with van der Waals surface area (Å²) < 4.78 is 13.3. The van der Waals surface area contributed by atoms with E-state index in [4.69, 9.17) is 0 Å². The van der Waals surface area contributed by atoms with Crippen molar-refractivity contribution in [3.8, 4) is 0 Å². The Labute approximate surface area is 147 Å². The summed E-state index contributed by atoms with van der Waals surface area (Å²) >= 11 is 0.890. The molecule has 0 aromatic heterocycles. The molecule has 1 aliphatic heterocycles. The van der Waals surface area contributed by atoms with Crippen molar-refractivity contribution in [2.45, 2.75) is 5.37 Å². The maximum atomic E-state index is 13.3. The predicted octanol–water partition coefficient (Wildman–Crippen LogP) is 4.62. The molecule has 3 aromatic carbocycles. The molecular weight excluding hydrogens is 339 g/mol. The quantitative estimate of drug-likeness (QED) is 0.747. The number of halogens is 1. The van der Waals surface area contributed by atoms with Crippen LogP contribution in [-0.2, 0) is 4.79 Å². The fourth-order valence-corrected chi connectivity index (χ4v) is 3.75. The lowest BCUT2D eigenvalue weighted by atomic mass is 10.1. The summed E-state index contributed by atoms with van der Waals surface area (Å²) in [5, 5.41) is 3.57. The number of thioether (sulfide) groups is 1. The van der Waals surface area contributed by atoms with Crippen LogP contribution in [0.1, 0.15) is 0 Å². The highest BCUT2D eigenvalue weighted by molar-refractivity contribution is 8.16. The first-order valence-corrected chi connectivity index (χ1v) is 8.56. The summed E-state index contributed by atoms with van der Waals surface area (Å²) in [4.78, 5) is 26.4. The number of benzene rings is 3. The summed E-state index contributed by atoms with van der Waals surface area (Å²) in [6, 6.07) is 18.9. The molecule has 124 valence electrons. The largest absolute Gasteiger partial charge is 0.365 e. The van der Waals surface area contributed by atoms with E-state index >= 15 is 0 Å². The first kappa shape index (κ1) is 15.7. The van der Waals surface area contributed by atoms with Gasteiger partial charge in [0.05, 0.1) is 5.69 Å². The van der Waals surface area contributed by atoms with Gasteiger partial charge in [-0.05, 0) is 41.4 Å². The zero-order valence-electron chi connectivity index (χ0n) is 13.0. The van der Waals surface area contributed by atoms with E-state index in [2.05, 4.69) is 5.32 Å². The molecule has 0 radical (unpaired) electrons. The molecule has 0 bridgehead atoms. The van der Waals surface area contributed by atoms with Crippen LogP contribution in [-0.4, -0.2) is 16.5 Å². The first-order chi connectivity index (χ1) is 12.1. The second-order valence-electron chi connectivity index (χ2n) is 5.59. The van der Waals surface area contributed by atoms with Gasteiger partial charge in [0.1, 0.15) is 5.82 Å². The molecule has 3 aromatic rings. The topological polar surface area (TPSA) is 49.4 Å². The number of rotatable bonds is 3. The maximum Gasteiger partial charge on any atom is 0.295 e. The lowest BCUT2D eigenvalue weighted by molar-refractivity contribution is -0.116. The van der Waals surface area contributed by atoms with E-state index in [9.17, 15) is 14.0 Å². The van der Waals surface area contributed by atoms with Gasteiger partial charge in [-0.15, -0.1) is 0 Å². The van der Waals surface area contributed by atoms with Gasteiger partial charge in [0.15, 0.2) is 5.37 Å². The number of fused-ring (bicyclic) bond motifs is 1. The highest BCUT2D eigenvalue weighted by Gasteiger charge is 2.41. The summed E-state index contributed by atoms with van der Waals surface area (Å²) in [5.41, 5.74) is 1.02. The highest BCUT2D eigenvalue weighted by atomic mass is 32.2. The molecule has 0 spiro atoms. The molecule has 1 fully saturated rings. The summed E-state index contributed by atoms with van der Waals surface area (Å²) in [6.45, 7) is 0. The van der Waals surface area contributed by atoms with Crippen LogP contribution < -0.4 is 10.2 Å². The van der Waals surface area contributed by atoms with E-state index in [0.717, 1.165) is 22.5 Å². The molecule has 6 heteroatoms. The first-order valence-electron chi connectivity index (χ1n) is 7.68. The molecule has 4 rings (SSSR count). The number of nitrogens with zero attached hydrogens (tertiary/aromatic N) is 1. The SMILES string of the molecule is O=C1SC(Nc2cccc(F)c2)C(=O)N1c1cccc2ccccc12. The van der Waals surface area contributed by atoms with Crippen molar-refractivity contribution >= 4 is 45.1 Å². The van der Waals surface area contributed by atoms with Gasteiger partial charge in [0.25, 0.3) is 11.1 Å². The molecule has 1 N–H and O–H groups in total. The van der Waals surface area contributed by atoms with Crippen LogP contribution in [0, 0.1) is 5.82 Å². The Morgan fingerprint density at radius 2 is 1.72 bits per heavy atom. The van der Waals surface area contributed by atoms with Gasteiger partial charge in [0.2, 0.25) is 0 Å².